The maximum atomic E-state index is 12.8. The number of anilines is 1. The molecule has 20 heavy (non-hydrogen) atoms. The summed E-state index contributed by atoms with van der Waals surface area (Å²) in [5.74, 6) is -3.10. The van der Waals surface area contributed by atoms with Crippen molar-refractivity contribution in [1.82, 2.24) is 4.98 Å². The SMILES string of the molecule is O=C(O)c1cc(NC(=O)c2ccc(F)cc2O)ccn1. The van der Waals surface area contributed by atoms with Crippen LogP contribution in [0.2, 0.25) is 0 Å². The predicted molar refractivity (Wildman–Crippen MR) is 67.2 cm³/mol. The van der Waals surface area contributed by atoms with Crippen molar-refractivity contribution in [2.45, 2.75) is 0 Å². The number of pyridine rings is 1. The van der Waals surface area contributed by atoms with E-state index in [1.807, 2.05) is 0 Å². The molecule has 1 amide bonds. The lowest BCUT2D eigenvalue weighted by Gasteiger charge is -2.07. The van der Waals surface area contributed by atoms with Crippen molar-refractivity contribution in [2.75, 3.05) is 5.32 Å². The minimum Gasteiger partial charge on any atom is -0.507 e. The molecular formula is C13H9FN2O4. The number of carboxylic acids is 1. The number of aromatic hydroxyl groups is 1. The number of carbonyl (C=O) groups is 2. The first-order chi connectivity index (χ1) is 9.47. The first kappa shape index (κ1) is 13.5. The number of nitrogens with zero attached hydrogens (tertiary/aromatic N) is 1. The molecule has 1 heterocycles. The maximum Gasteiger partial charge on any atom is 0.354 e. The zero-order chi connectivity index (χ0) is 14.7. The number of aromatic carboxylic acids is 1. The number of nitrogens with one attached hydrogen (secondary N) is 1. The lowest BCUT2D eigenvalue weighted by Crippen LogP contribution is -2.13. The zero-order valence-corrected chi connectivity index (χ0v) is 10.0. The van der Waals surface area contributed by atoms with Crippen LogP contribution in [0.15, 0.2) is 36.5 Å². The van der Waals surface area contributed by atoms with Crippen molar-refractivity contribution in [3.8, 4) is 5.75 Å². The van der Waals surface area contributed by atoms with Gasteiger partial charge in [-0.1, -0.05) is 0 Å². The molecule has 7 heteroatoms. The molecular weight excluding hydrogens is 267 g/mol. The Morgan fingerprint density at radius 1 is 1.20 bits per heavy atom. The standard InChI is InChI=1S/C13H9FN2O4/c14-7-1-2-9(11(17)5-7)12(18)16-8-3-4-15-10(6-8)13(19)20/h1-6,17H,(H,19,20)(H,15,16,18). The van der Waals surface area contributed by atoms with Crippen molar-refractivity contribution in [2.24, 2.45) is 0 Å². The van der Waals surface area contributed by atoms with Gasteiger partial charge in [0.15, 0.2) is 0 Å². The fourth-order valence-corrected chi connectivity index (χ4v) is 1.52. The monoisotopic (exact) mass is 276 g/mol. The summed E-state index contributed by atoms with van der Waals surface area (Å²) in [5, 5.41) is 20.6. The molecule has 0 bridgehead atoms. The molecule has 2 rings (SSSR count). The Morgan fingerprint density at radius 2 is 1.95 bits per heavy atom. The second-order valence-electron chi connectivity index (χ2n) is 3.85. The van der Waals surface area contributed by atoms with Gasteiger partial charge in [0.05, 0.1) is 5.56 Å². The second kappa shape index (κ2) is 5.35. The number of rotatable bonds is 3. The van der Waals surface area contributed by atoms with Crippen molar-refractivity contribution in [1.29, 1.82) is 0 Å². The first-order valence-electron chi connectivity index (χ1n) is 5.46. The second-order valence-corrected chi connectivity index (χ2v) is 3.85. The van der Waals surface area contributed by atoms with E-state index in [1.165, 1.54) is 18.3 Å². The quantitative estimate of drug-likeness (QED) is 0.794. The molecule has 2 aromatic rings. The number of amides is 1. The molecule has 102 valence electrons. The van der Waals surface area contributed by atoms with Crippen molar-refractivity contribution < 1.29 is 24.2 Å². The Morgan fingerprint density at radius 3 is 2.60 bits per heavy atom. The Labute approximate surface area is 112 Å². The predicted octanol–water partition coefficient (Wildman–Crippen LogP) is 1.88. The van der Waals surface area contributed by atoms with E-state index < -0.39 is 23.4 Å². The highest BCUT2D eigenvalue weighted by Gasteiger charge is 2.13. The van der Waals surface area contributed by atoms with Crippen LogP contribution in [0, 0.1) is 5.82 Å². The van der Waals surface area contributed by atoms with E-state index in [1.54, 1.807) is 0 Å². The van der Waals surface area contributed by atoms with Gasteiger partial charge < -0.3 is 15.5 Å². The van der Waals surface area contributed by atoms with Crippen LogP contribution in [0.1, 0.15) is 20.8 Å². The highest BCUT2D eigenvalue weighted by Crippen LogP contribution is 2.19. The van der Waals surface area contributed by atoms with Gasteiger partial charge >= 0.3 is 5.97 Å². The van der Waals surface area contributed by atoms with E-state index >= 15 is 0 Å². The highest BCUT2D eigenvalue weighted by atomic mass is 19.1. The molecule has 1 aromatic heterocycles. The summed E-state index contributed by atoms with van der Waals surface area (Å²) in [6, 6.07) is 5.53. The third kappa shape index (κ3) is 2.89. The topological polar surface area (TPSA) is 99.5 Å². The maximum absolute atomic E-state index is 12.8. The van der Waals surface area contributed by atoms with Gasteiger partial charge in [-0.25, -0.2) is 14.2 Å². The molecule has 0 aliphatic heterocycles. The van der Waals surface area contributed by atoms with Crippen LogP contribution in [0.25, 0.3) is 0 Å². The van der Waals surface area contributed by atoms with Gasteiger partial charge in [-0.15, -0.1) is 0 Å². The van der Waals surface area contributed by atoms with Crippen molar-refractivity contribution in [3.63, 3.8) is 0 Å². The van der Waals surface area contributed by atoms with Crippen LogP contribution >= 0.6 is 0 Å². The number of carboxylic acid groups (broad SMARTS) is 1. The van der Waals surface area contributed by atoms with Crippen molar-refractivity contribution in [3.05, 3.63) is 53.6 Å². The lowest BCUT2D eigenvalue weighted by atomic mass is 10.2. The molecule has 0 aliphatic rings. The average Bonchev–Trinajstić information content (AvgIpc) is 2.38. The van der Waals surface area contributed by atoms with Crippen LogP contribution in [0.4, 0.5) is 10.1 Å². The van der Waals surface area contributed by atoms with Gasteiger partial charge in [0.25, 0.3) is 5.91 Å². The Kier molecular flexibility index (Phi) is 3.60. The highest BCUT2D eigenvalue weighted by molar-refractivity contribution is 6.06. The van der Waals surface area contributed by atoms with E-state index in [-0.39, 0.29) is 16.9 Å². The normalized spacial score (nSPS) is 10.1. The number of halogens is 1. The van der Waals surface area contributed by atoms with E-state index in [0.29, 0.717) is 0 Å². The molecule has 0 saturated heterocycles. The average molecular weight is 276 g/mol. The third-order valence-electron chi connectivity index (χ3n) is 2.44. The van der Waals surface area contributed by atoms with E-state index in [9.17, 15) is 19.1 Å². The largest absolute Gasteiger partial charge is 0.507 e. The Bertz CT molecular complexity index is 688. The van der Waals surface area contributed by atoms with Crippen LogP contribution in [-0.4, -0.2) is 27.1 Å². The van der Waals surface area contributed by atoms with Gasteiger partial charge in [-0.05, 0) is 24.3 Å². The van der Waals surface area contributed by atoms with Crippen LogP contribution in [0.3, 0.4) is 0 Å². The van der Waals surface area contributed by atoms with Gasteiger partial charge in [-0.2, -0.15) is 0 Å². The van der Waals surface area contributed by atoms with E-state index in [4.69, 9.17) is 5.11 Å². The fraction of sp³-hybridized carbons (Fsp3) is 0. The number of phenols is 1. The summed E-state index contributed by atoms with van der Waals surface area (Å²) >= 11 is 0. The zero-order valence-electron chi connectivity index (χ0n) is 10.0. The Hall–Kier alpha value is -2.96. The number of benzene rings is 1. The molecule has 0 aliphatic carbocycles. The van der Waals surface area contributed by atoms with E-state index in [2.05, 4.69) is 10.3 Å². The summed E-state index contributed by atoms with van der Waals surface area (Å²) in [6.45, 7) is 0. The van der Waals surface area contributed by atoms with Gasteiger partial charge in [0.2, 0.25) is 0 Å². The van der Waals surface area contributed by atoms with Gasteiger partial charge in [0, 0.05) is 18.0 Å². The lowest BCUT2D eigenvalue weighted by molar-refractivity contribution is 0.0690. The number of aromatic nitrogens is 1. The molecule has 0 atom stereocenters. The number of hydrogen-bond acceptors (Lipinski definition) is 4. The summed E-state index contributed by atoms with van der Waals surface area (Å²) in [7, 11) is 0. The van der Waals surface area contributed by atoms with Crippen LogP contribution in [-0.2, 0) is 0 Å². The van der Waals surface area contributed by atoms with Gasteiger partial charge in [-0.3, -0.25) is 4.79 Å². The molecule has 3 N–H and O–H groups in total. The number of hydrogen-bond donors (Lipinski definition) is 3. The summed E-state index contributed by atoms with van der Waals surface area (Å²) in [4.78, 5) is 26.2. The van der Waals surface area contributed by atoms with Crippen LogP contribution < -0.4 is 5.32 Å². The van der Waals surface area contributed by atoms with Crippen molar-refractivity contribution >= 4 is 17.6 Å². The smallest absolute Gasteiger partial charge is 0.354 e. The summed E-state index contributed by atoms with van der Waals surface area (Å²) in [5.41, 5.74) is -0.155. The molecule has 0 spiro atoms. The fourth-order valence-electron chi connectivity index (χ4n) is 1.52. The number of phenolic OH excluding ortho intramolecular Hbond substituents is 1. The molecule has 1 aromatic carbocycles. The van der Waals surface area contributed by atoms with Crippen LogP contribution in [0.5, 0.6) is 5.75 Å². The molecule has 0 unspecified atom stereocenters. The first-order valence-corrected chi connectivity index (χ1v) is 5.46. The Balaban J connectivity index is 2.23. The molecule has 6 nitrogen and oxygen atoms in total. The molecule has 0 radical (unpaired) electrons. The van der Waals surface area contributed by atoms with Gasteiger partial charge in [0.1, 0.15) is 17.3 Å². The molecule has 0 fully saturated rings. The summed E-state index contributed by atoms with van der Waals surface area (Å²) in [6.07, 6.45) is 1.23. The summed E-state index contributed by atoms with van der Waals surface area (Å²) < 4.78 is 12.8. The van der Waals surface area contributed by atoms with E-state index in [0.717, 1.165) is 18.2 Å². The molecule has 0 saturated carbocycles. The minimum atomic E-state index is -1.23. The third-order valence-corrected chi connectivity index (χ3v) is 2.44. The minimum absolute atomic E-state index is 0.125. The number of carbonyl (C=O) groups excluding carboxylic acids is 1.